The van der Waals surface area contributed by atoms with Crippen LogP contribution in [0.1, 0.15) is 44.3 Å². The molecule has 1 aliphatic rings. The van der Waals surface area contributed by atoms with Crippen molar-refractivity contribution in [2.75, 3.05) is 10.0 Å². The van der Waals surface area contributed by atoms with E-state index >= 15 is 0 Å². The first-order valence-corrected chi connectivity index (χ1v) is 9.80. The molecule has 0 radical (unpaired) electrons. The lowest BCUT2D eigenvalue weighted by Crippen LogP contribution is -2.13. The summed E-state index contributed by atoms with van der Waals surface area (Å²) < 4.78 is 29.7. The molecule has 1 saturated carbocycles. The summed E-state index contributed by atoms with van der Waals surface area (Å²) in [7, 11) is -3.71. The molecule has 2 N–H and O–H groups in total. The van der Waals surface area contributed by atoms with E-state index < -0.39 is 10.0 Å². The van der Waals surface area contributed by atoms with Gasteiger partial charge in [-0.25, -0.2) is 8.42 Å². The van der Waals surface area contributed by atoms with Gasteiger partial charge in [0.1, 0.15) is 4.90 Å². The Hall–Kier alpha value is -2.35. The fourth-order valence-electron chi connectivity index (χ4n) is 3.12. The molecule has 1 amide bonds. The second-order valence-electron chi connectivity index (χ2n) is 6.36. The molecule has 0 spiro atoms. The van der Waals surface area contributed by atoms with Crippen molar-refractivity contribution in [1.82, 2.24) is 9.78 Å². The zero-order valence-corrected chi connectivity index (χ0v) is 15.1. The molecule has 0 saturated heterocycles. The van der Waals surface area contributed by atoms with Gasteiger partial charge in [0.2, 0.25) is 5.91 Å². The van der Waals surface area contributed by atoms with Crippen molar-refractivity contribution in [1.29, 1.82) is 0 Å². The minimum Gasteiger partial charge on any atom is -0.326 e. The predicted octanol–water partition coefficient (Wildman–Crippen LogP) is 3.07. The van der Waals surface area contributed by atoms with Crippen LogP contribution in [0, 0.1) is 6.92 Å². The maximum absolute atomic E-state index is 12.7. The van der Waals surface area contributed by atoms with Crippen LogP contribution in [0.25, 0.3) is 0 Å². The standard InChI is InChI=1S/C17H22N4O3S/c1-12-17(11-21(19-12)16-5-3-4-6-16)25(23,24)20-15-9-7-14(8-10-15)18-13(2)22/h7-11,16,20H,3-6H2,1-2H3,(H,18,22). The van der Waals surface area contributed by atoms with Gasteiger partial charge in [-0.3, -0.25) is 14.2 Å². The van der Waals surface area contributed by atoms with Gasteiger partial charge in [-0.15, -0.1) is 0 Å². The number of amides is 1. The van der Waals surface area contributed by atoms with Crippen LogP contribution in [0.4, 0.5) is 11.4 Å². The Morgan fingerprint density at radius 2 is 1.76 bits per heavy atom. The van der Waals surface area contributed by atoms with E-state index in [1.807, 2.05) is 0 Å². The van der Waals surface area contributed by atoms with Crippen LogP contribution in [0.5, 0.6) is 0 Å². The summed E-state index contributed by atoms with van der Waals surface area (Å²) in [4.78, 5) is 11.2. The molecule has 2 aromatic rings. The van der Waals surface area contributed by atoms with Gasteiger partial charge in [-0.2, -0.15) is 5.10 Å². The van der Waals surface area contributed by atoms with Gasteiger partial charge < -0.3 is 5.32 Å². The topological polar surface area (TPSA) is 93.1 Å². The SMILES string of the molecule is CC(=O)Nc1ccc(NS(=O)(=O)c2cn(C3CCCC3)nc2C)cc1. The number of aromatic nitrogens is 2. The van der Waals surface area contributed by atoms with E-state index in [0.717, 1.165) is 25.7 Å². The molecule has 7 nitrogen and oxygen atoms in total. The smallest absolute Gasteiger partial charge is 0.265 e. The van der Waals surface area contributed by atoms with Crippen LogP contribution >= 0.6 is 0 Å². The Morgan fingerprint density at radius 3 is 2.36 bits per heavy atom. The molecule has 0 unspecified atom stereocenters. The molecule has 0 bridgehead atoms. The molecule has 0 atom stereocenters. The van der Waals surface area contributed by atoms with Crippen molar-refractivity contribution in [3.63, 3.8) is 0 Å². The molecule has 1 heterocycles. The molecule has 1 aliphatic carbocycles. The summed E-state index contributed by atoms with van der Waals surface area (Å²) in [6.07, 6.45) is 6.02. The van der Waals surface area contributed by atoms with Crippen molar-refractivity contribution in [3.8, 4) is 0 Å². The molecular weight excluding hydrogens is 340 g/mol. The molecule has 3 rings (SSSR count). The lowest BCUT2D eigenvalue weighted by molar-refractivity contribution is -0.114. The maximum atomic E-state index is 12.7. The largest absolute Gasteiger partial charge is 0.326 e. The maximum Gasteiger partial charge on any atom is 0.265 e. The minimum atomic E-state index is -3.71. The number of carbonyl (C=O) groups is 1. The minimum absolute atomic E-state index is 0.178. The summed E-state index contributed by atoms with van der Waals surface area (Å²) in [5, 5.41) is 7.04. The number of nitrogens with one attached hydrogen (secondary N) is 2. The van der Waals surface area contributed by atoms with Crippen LogP contribution in [0.2, 0.25) is 0 Å². The zero-order chi connectivity index (χ0) is 18.0. The molecule has 0 aliphatic heterocycles. The van der Waals surface area contributed by atoms with E-state index in [-0.39, 0.29) is 10.8 Å². The van der Waals surface area contributed by atoms with Crippen molar-refractivity contribution >= 4 is 27.3 Å². The fraction of sp³-hybridized carbons (Fsp3) is 0.412. The molecule has 1 fully saturated rings. The van der Waals surface area contributed by atoms with E-state index in [1.165, 1.54) is 6.92 Å². The molecule has 1 aromatic carbocycles. The van der Waals surface area contributed by atoms with Gasteiger partial charge in [0.25, 0.3) is 10.0 Å². The molecule has 8 heteroatoms. The van der Waals surface area contributed by atoms with Gasteiger partial charge >= 0.3 is 0 Å². The highest BCUT2D eigenvalue weighted by molar-refractivity contribution is 7.92. The van der Waals surface area contributed by atoms with E-state index in [9.17, 15) is 13.2 Å². The zero-order valence-electron chi connectivity index (χ0n) is 14.3. The number of anilines is 2. The van der Waals surface area contributed by atoms with Gasteiger partial charge in [0, 0.05) is 24.5 Å². The van der Waals surface area contributed by atoms with Gasteiger partial charge in [0.05, 0.1) is 11.7 Å². The first-order valence-electron chi connectivity index (χ1n) is 8.31. The number of benzene rings is 1. The summed E-state index contributed by atoms with van der Waals surface area (Å²) in [5.41, 5.74) is 1.54. The van der Waals surface area contributed by atoms with Crippen molar-refractivity contribution in [3.05, 3.63) is 36.2 Å². The highest BCUT2D eigenvalue weighted by Crippen LogP contribution is 2.30. The quantitative estimate of drug-likeness (QED) is 0.855. The number of carbonyl (C=O) groups excluding carboxylic acids is 1. The van der Waals surface area contributed by atoms with E-state index in [0.29, 0.717) is 23.1 Å². The summed E-state index contributed by atoms with van der Waals surface area (Å²) in [6, 6.07) is 6.81. The molecule has 134 valence electrons. The summed E-state index contributed by atoms with van der Waals surface area (Å²) >= 11 is 0. The van der Waals surface area contributed by atoms with Crippen LogP contribution in [-0.2, 0) is 14.8 Å². The lowest BCUT2D eigenvalue weighted by Gasteiger charge is -2.09. The first-order chi connectivity index (χ1) is 11.8. The number of aryl methyl sites for hydroxylation is 1. The Bertz CT molecular complexity index is 866. The number of hydrogen-bond acceptors (Lipinski definition) is 4. The number of rotatable bonds is 5. The average Bonchev–Trinajstić information content (AvgIpc) is 3.17. The second-order valence-corrected chi connectivity index (χ2v) is 8.01. The molecule has 1 aromatic heterocycles. The van der Waals surface area contributed by atoms with Crippen LogP contribution in [0.15, 0.2) is 35.4 Å². The van der Waals surface area contributed by atoms with Gasteiger partial charge in [0.15, 0.2) is 0 Å². The third-order valence-electron chi connectivity index (χ3n) is 4.32. The van der Waals surface area contributed by atoms with E-state index in [2.05, 4.69) is 15.1 Å². The molecular formula is C17H22N4O3S. The first kappa shape index (κ1) is 17.5. The average molecular weight is 362 g/mol. The highest BCUT2D eigenvalue weighted by atomic mass is 32.2. The Balaban J connectivity index is 1.78. The third-order valence-corrected chi connectivity index (χ3v) is 5.80. The van der Waals surface area contributed by atoms with Crippen molar-refractivity contribution in [2.45, 2.75) is 50.5 Å². The predicted molar refractivity (Wildman–Crippen MR) is 96.0 cm³/mol. The number of sulfonamides is 1. The number of nitrogens with zero attached hydrogens (tertiary/aromatic N) is 2. The highest BCUT2D eigenvalue weighted by Gasteiger charge is 2.24. The van der Waals surface area contributed by atoms with Gasteiger partial charge in [-0.05, 0) is 44.0 Å². The Morgan fingerprint density at radius 1 is 1.16 bits per heavy atom. The van der Waals surface area contributed by atoms with Crippen molar-refractivity contribution < 1.29 is 13.2 Å². The monoisotopic (exact) mass is 362 g/mol. The normalized spacial score (nSPS) is 15.3. The summed E-state index contributed by atoms with van der Waals surface area (Å²) in [5.74, 6) is -0.178. The van der Waals surface area contributed by atoms with Crippen molar-refractivity contribution in [2.24, 2.45) is 0 Å². The van der Waals surface area contributed by atoms with Crippen LogP contribution in [0.3, 0.4) is 0 Å². The molecule has 25 heavy (non-hydrogen) atoms. The van der Waals surface area contributed by atoms with Gasteiger partial charge in [-0.1, -0.05) is 12.8 Å². The second kappa shape index (κ2) is 6.87. The number of hydrogen-bond donors (Lipinski definition) is 2. The fourth-order valence-corrected chi connectivity index (χ4v) is 4.35. The van der Waals surface area contributed by atoms with Crippen LogP contribution < -0.4 is 10.0 Å². The Labute approximate surface area is 147 Å². The van der Waals surface area contributed by atoms with Crippen LogP contribution in [-0.4, -0.2) is 24.1 Å². The summed E-state index contributed by atoms with van der Waals surface area (Å²) in [6.45, 7) is 3.13. The Kier molecular flexibility index (Phi) is 4.80. The third kappa shape index (κ3) is 4.01. The van der Waals surface area contributed by atoms with E-state index in [1.54, 1.807) is 42.1 Å². The van der Waals surface area contributed by atoms with E-state index in [4.69, 9.17) is 0 Å². The lowest BCUT2D eigenvalue weighted by atomic mass is 10.3.